The molecular weight excluding hydrogens is 371 g/mol. The van der Waals surface area contributed by atoms with Gasteiger partial charge in [0.25, 0.3) is 5.91 Å². The molecule has 0 unspecified atom stereocenters. The monoisotopic (exact) mass is 384 g/mol. The average molecular weight is 385 g/mol. The van der Waals surface area contributed by atoms with E-state index in [2.05, 4.69) is 10.5 Å². The van der Waals surface area contributed by atoms with Crippen LogP contribution in [0.3, 0.4) is 0 Å². The highest BCUT2D eigenvalue weighted by Crippen LogP contribution is 2.25. The van der Waals surface area contributed by atoms with Gasteiger partial charge in [0.05, 0.1) is 21.8 Å². The van der Waals surface area contributed by atoms with Crippen molar-refractivity contribution in [2.24, 2.45) is 5.10 Å². The quantitative estimate of drug-likeness (QED) is 0.463. The minimum Gasteiger partial charge on any atom is -0.457 e. The standard InChI is InChI=1S/C20H14Cl2N2O2/c21-17-10-6-11-18(22)16(17)13-23-24-20(25)15-9-4-5-12-19(15)26-14-7-2-1-3-8-14/h1-13H,(H,24,25). The highest BCUT2D eigenvalue weighted by atomic mass is 35.5. The van der Waals surface area contributed by atoms with Crippen molar-refractivity contribution >= 4 is 35.3 Å². The van der Waals surface area contributed by atoms with Crippen LogP contribution in [0.25, 0.3) is 0 Å². The maximum absolute atomic E-state index is 12.4. The van der Waals surface area contributed by atoms with Gasteiger partial charge in [-0.2, -0.15) is 5.10 Å². The van der Waals surface area contributed by atoms with Gasteiger partial charge in [-0.25, -0.2) is 5.43 Å². The van der Waals surface area contributed by atoms with E-state index in [1.54, 1.807) is 42.5 Å². The van der Waals surface area contributed by atoms with Crippen molar-refractivity contribution in [3.8, 4) is 11.5 Å². The molecule has 0 radical (unpaired) electrons. The molecule has 0 heterocycles. The van der Waals surface area contributed by atoms with Gasteiger partial charge in [0.15, 0.2) is 0 Å². The summed E-state index contributed by atoms with van der Waals surface area (Å²) in [5.41, 5.74) is 3.35. The third-order valence-corrected chi connectivity index (χ3v) is 4.12. The molecule has 26 heavy (non-hydrogen) atoms. The van der Waals surface area contributed by atoms with E-state index in [0.29, 0.717) is 32.7 Å². The minimum absolute atomic E-state index is 0.360. The largest absolute Gasteiger partial charge is 0.457 e. The van der Waals surface area contributed by atoms with Gasteiger partial charge in [0.1, 0.15) is 11.5 Å². The number of ether oxygens (including phenoxy) is 1. The van der Waals surface area contributed by atoms with Gasteiger partial charge in [0.2, 0.25) is 0 Å². The Kier molecular flexibility index (Phi) is 5.89. The van der Waals surface area contributed by atoms with Crippen molar-refractivity contribution in [3.63, 3.8) is 0 Å². The molecule has 0 aliphatic rings. The van der Waals surface area contributed by atoms with Crippen molar-refractivity contribution in [2.45, 2.75) is 0 Å². The summed E-state index contributed by atoms with van der Waals surface area (Å²) in [6, 6.07) is 21.3. The number of benzene rings is 3. The smallest absolute Gasteiger partial charge is 0.275 e. The molecule has 0 fully saturated rings. The molecule has 3 rings (SSSR count). The lowest BCUT2D eigenvalue weighted by atomic mass is 10.2. The molecule has 0 aliphatic heterocycles. The molecule has 130 valence electrons. The normalized spacial score (nSPS) is 10.7. The zero-order valence-electron chi connectivity index (χ0n) is 13.5. The second-order valence-electron chi connectivity index (χ2n) is 5.25. The predicted octanol–water partition coefficient (Wildman–Crippen LogP) is 5.55. The molecule has 1 amide bonds. The van der Waals surface area contributed by atoms with E-state index in [9.17, 15) is 4.79 Å². The number of carbonyl (C=O) groups is 1. The molecule has 4 nitrogen and oxygen atoms in total. The third-order valence-electron chi connectivity index (χ3n) is 3.46. The lowest BCUT2D eigenvalue weighted by Crippen LogP contribution is -2.18. The Morgan fingerprint density at radius 1 is 0.885 bits per heavy atom. The van der Waals surface area contributed by atoms with E-state index in [1.165, 1.54) is 6.21 Å². The third kappa shape index (κ3) is 4.42. The number of carbonyl (C=O) groups excluding carboxylic acids is 1. The molecule has 1 N–H and O–H groups in total. The second kappa shape index (κ2) is 8.52. The first-order chi connectivity index (χ1) is 12.6. The molecular formula is C20H14Cl2N2O2. The van der Waals surface area contributed by atoms with Gasteiger partial charge in [-0.3, -0.25) is 4.79 Å². The highest BCUT2D eigenvalue weighted by molar-refractivity contribution is 6.38. The summed E-state index contributed by atoms with van der Waals surface area (Å²) in [6.45, 7) is 0. The fourth-order valence-corrected chi connectivity index (χ4v) is 2.70. The van der Waals surface area contributed by atoms with Crippen LogP contribution in [0.1, 0.15) is 15.9 Å². The number of para-hydroxylation sites is 2. The van der Waals surface area contributed by atoms with Gasteiger partial charge >= 0.3 is 0 Å². The van der Waals surface area contributed by atoms with Crippen LogP contribution in [0.2, 0.25) is 10.0 Å². The first kappa shape index (κ1) is 18.0. The van der Waals surface area contributed by atoms with E-state index in [4.69, 9.17) is 27.9 Å². The first-order valence-corrected chi connectivity index (χ1v) is 8.50. The average Bonchev–Trinajstić information content (AvgIpc) is 2.65. The van der Waals surface area contributed by atoms with Crippen LogP contribution in [0, 0.1) is 0 Å². The van der Waals surface area contributed by atoms with E-state index in [0.717, 1.165) is 0 Å². The number of nitrogens with zero attached hydrogens (tertiary/aromatic N) is 1. The number of halogens is 2. The minimum atomic E-state index is -0.407. The summed E-state index contributed by atoms with van der Waals surface area (Å²) >= 11 is 12.1. The van der Waals surface area contributed by atoms with Crippen LogP contribution < -0.4 is 10.2 Å². The number of rotatable bonds is 5. The van der Waals surface area contributed by atoms with Crippen LogP contribution >= 0.6 is 23.2 Å². The molecule has 0 atom stereocenters. The predicted molar refractivity (Wildman–Crippen MR) is 104 cm³/mol. The van der Waals surface area contributed by atoms with E-state index in [-0.39, 0.29) is 0 Å². The molecule has 0 saturated carbocycles. The van der Waals surface area contributed by atoms with Crippen molar-refractivity contribution in [1.82, 2.24) is 5.43 Å². The second-order valence-corrected chi connectivity index (χ2v) is 6.06. The summed E-state index contributed by atoms with van der Waals surface area (Å²) in [4.78, 5) is 12.4. The Morgan fingerprint density at radius 2 is 1.54 bits per heavy atom. The zero-order chi connectivity index (χ0) is 18.4. The fourth-order valence-electron chi connectivity index (χ4n) is 2.21. The Morgan fingerprint density at radius 3 is 2.27 bits per heavy atom. The molecule has 3 aromatic carbocycles. The molecule has 3 aromatic rings. The Balaban J connectivity index is 1.75. The van der Waals surface area contributed by atoms with Crippen molar-refractivity contribution in [2.75, 3.05) is 0 Å². The van der Waals surface area contributed by atoms with Crippen LogP contribution in [0.5, 0.6) is 11.5 Å². The number of hydrogen-bond acceptors (Lipinski definition) is 3. The van der Waals surface area contributed by atoms with Crippen LogP contribution in [-0.2, 0) is 0 Å². The molecule has 0 aliphatic carbocycles. The Bertz CT molecular complexity index is 923. The summed E-state index contributed by atoms with van der Waals surface area (Å²) in [5.74, 6) is 0.664. The lowest BCUT2D eigenvalue weighted by molar-refractivity contribution is 0.0953. The maximum atomic E-state index is 12.4. The van der Waals surface area contributed by atoms with Gasteiger partial charge in [-0.1, -0.05) is 59.6 Å². The summed E-state index contributed by atoms with van der Waals surface area (Å²) in [5, 5.41) is 4.83. The maximum Gasteiger partial charge on any atom is 0.275 e. The molecule has 0 spiro atoms. The molecule has 6 heteroatoms. The van der Waals surface area contributed by atoms with Crippen LogP contribution in [0.4, 0.5) is 0 Å². The lowest BCUT2D eigenvalue weighted by Gasteiger charge is -2.09. The van der Waals surface area contributed by atoms with E-state index < -0.39 is 5.91 Å². The Labute approximate surface area is 161 Å². The summed E-state index contributed by atoms with van der Waals surface area (Å²) < 4.78 is 5.78. The number of nitrogens with one attached hydrogen (secondary N) is 1. The van der Waals surface area contributed by atoms with Gasteiger partial charge < -0.3 is 4.74 Å². The summed E-state index contributed by atoms with van der Waals surface area (Å²) in [6.07, 6.45) is 1.41. The molecule has 0 saturated heterocycles. The summed E-state index contributed by atoms with van der Waals surface area (Å²) in [7, 11) is 0. The number of amides is 1. The van der Waals surface area contributed by atoms with Crippen molar-refractivity contribution in [1.29, 1.82) is 0 Å². The Hall–Kier alpha value is -2.82. The van der Waals surface area contributed by atoms with Gasteiger partial charge in [-0.05, 0) is 36.4 Å². The van der Waals surface area contributed by atoms with Gasteiger partial charge in [-0.15, -0.1) is 0 Å². The highest BCUT2D eigenvalue weighted by Gasteiger charge is 2.12. The van der Waals surface area contributed by atoms with Crippen LogP contribution in [0.15, 0.2) is 77.9 Å². The topological polar surface area (TPSA) is 50.7 Å². The SMILES string of the molecule is O=C(NN=Cc1c(Cl)cccc1Cl)c1ccccc1Oc1ccccc1. The van der Waals surface area contributed by atoms with Crippen molar-refractivity contribution < 1.29 is 9.53 Å². The van der Waals surface area contributed by atoms with Gasteiger partial charge in [0, 0.05) is 5.56 Å². The number of hydrogen-bond donors (Lipinski definition) is 1. The fraction of sp³-hybridized carbons (Fsp3) is 0. The first-order valence-electron chi connectivity index (χ1n) is 7.74. The number of hydrazone groups is 1. The van der Waals surface area contributed by atoms with Crippen LogP contribution in [-0.4, -0.2) is 12.1 Å². The molecule has 0 bridgehead atoms. The molecule has 0 aromatic heterocycles. The van der Waals surface area contributed by atoms with E-state index in [1.807, 2.05) is 30.3 Å². The van der Waals surface area contributed by atoms with E-state index >= 15 is 0 Å². The zero-order valence-corrected chi connectivity index (χ0v) is 15.0. The van der Waals surface area contributed by atoms with Crippen molar-refractivity contribution in [3.05, 3.63) is 94.0 Å².